The Labute approximate surface area is 158 Å². The predicted molar refractivity (Wildman–Crippen MR) is 102 cm³/mol. The minimum atomic E-state index is -0.198. The Hall–Kier alpha value is -1.93. The van der Waals surface area contributed by atoms with Crippen LogP contribution in [-0.2, 0) is 13.1 Å². The van der Waals surface area contributed by atoms with Gasteiger partial charge in [-0.1, -0.05) is 34.5 Å². The largest absolute Gasteiger partial charge is 0.368 e. The number of nitrogens with zero attached hydrogens (tertiary/aromatic N) is 5. The molecule has 0 aliphatic carbocycles. The van der Waals surface area contributed by atoms with E-state index in [2.05, 4.69) is 30.9 Å². The smallest absolute Gasteiger partial charge is 0.330 e. The molecule has 2 N–H and O–H groups in total. The third-order valence-electron chi connectivity index (χ3n) is 4.11. The molecule has 0 aliphatic rings. The van der Waals surface area contributed by atoms with Gasteiger partial charge in [-0.05, 0) is 31.4 Å². The van der Waals surface area contributed by atoms with Gasteiger partial charge in [-0.25, -0.2) is 4.79 Å². The molecule has 0 saturated carbocycles. The van der Waals surface area contributed by atoms with Crippen molar-refractivity contribution in [3.63, 3.8) is 0 Å². The van der Waals surface area contributed by atoms with Crippen LogP contribution in [-0.4, -0.2) is 24.1 Å². The van der Waals surface area contributed by atoms with Gasteiger partial charge in [0.15, 0.2) is 10.8 Å². The van der Waals surface area contributed by atoms with E-state index in [9.17, 15) is 4.79 Å². The van der Waals surface area contributed by atoms with Crippen molar-refractivity contribution in [2.24, 2.45) is 0 Å². The van der Waals surface area contributed by atoms with Crippen molar-refractivity contribution in [2.45, 2.75) is 40.3 Å². The molecule has 9 heteroatoms. The molecule has 0 bridgehead atoms. The zero-order chi connectivity index (χ0) is 18.3. The van der Waals surface area contributed by atoms with Crippen LogP contribution in [0.1, 0.15) is 30.2 Å². The van der Waals surface area contributed by atoms with Gasteiger partial charge >= 0.3 is 5.69 Å². The highest BCUT2D eigenvalue weighted by Gasteiger charge is 2.20. The summed E-state index contributed by atoms with van der Waals surface area (Å²) in [5.74, 6) is 0.0367. The number of hydrogen-bond acceptors (Lipinski definition) is 5. The van der Waals surface area contributed by atoms with E-state index < -0.39 is 0 Å². The summed E-state index contributed by atoms with van der Waals surface area (Å²) in [4.78, 5) is 25.6. The molecule has 0 radical (unpaired) electrons. The molecule has 0 spiro atoms. The molecule has 7 nitrogen and oxygen atoms in total. The van der Waals surface area contributed by atoms with Crippen LogP contribution >= 0.6 is 27.5 Å². The highest BCUT2D eigenvalue weighted by atomic mass is 79.9. The number of hydrogen-bond donors (Lipinski definition) is 1. The van der Waals surface area contributed by atoms with Gasteiger partial charge in [0.05, 0.1) is 12.2 Å². The summed E-state index contributed by atoms with van der Waals surface area (Å²) in [6, 6.07) is 0. The van der Waals surface area contributed by atoms with E-state index >= 15 is 0 Å². The third kappa shape index (κ3) is 3.04. The van der Waals surface area contributed by atoms with Crippen molar-refractivity contribution < 1.29 is 0 Å². The fourth-order valence-corrected chi connectivity index (χ4v) is 3.42. The number of aryl methyl sites for hydroxylation is 2. The lowest BCUT2D eigenvalue weighted by Crippen LogP contribution is -2.25. The fraction of sp³-hybridized carbons (Fsp3) is 0.375. The Balaban J connectivity index is 2.25. The van der Waals surface area contributed by atoms with E-state index in [-0.39, 0.29) is 23.3 Å². The van der Waals surface area contributed by atoms with Crippen molar-refractivity contribution in [1.82, 2.24) is 24.1 Å². The third-order valence-corrected chi connectivity index (χ3v) is 5.59. The second kappa shape index (κ2) is 6.76. The van der Waals surface area contributed by atoms with Gasteiger partial charge in [-0.3, -0.25) is 14.1 Å². The number of nitrogen functional groups attached to an aromatic ring is 1. The van der Waals surface area contributed by atoms with Gasteiger partial charge in [0.1, 0.15) is 5.52 Å². The summed E-state index contributed by atoms with van der Waals surface area (Å²) < 4.78 is 4.12. The molecule has 0 unspecified atom stereocenters. The van der Waals surface area contributed by atoms with Crippen LogP contribution in [0.4, 0.5) is 5.95 Å². The van der Waals surface area contributed by atoms with Crippen molar-refractivity contribution in [2.75, 3.05) is 5.73 Å². The van der Waals surface area contributed by atoms with Crippen LogP contribution in [0.25, 0.3) is 11.2 Å². The average molecular weight is 426 g/mol. The minimum Gasteiger partial charge on any atom is -0.368 e. The standard InChI is InChI=1S/C16H18BrClN6O/c1-4-5-23-12-13(18)21-15(19)22-14(12)24(16(23)25)7-10-9(3)11(17)8(2)6-20-10/h6H,4-5,7H2,1-3H3,(H2,19,21,22). The molecule has 0 aromatic carbocycles. The lowest BCUT2D eigenvalue weighted by Gasteiger charge is -2.09. The van der Waals surface area contributed by atoms with Gasteiger partial charge in [0, 0.05) is 17.2 Å². The molecule has 3 aromatic heterocycles. The number of pyridine rings is 1. The molecule has 0 saturated heterocycles. The maximum Gasteiger partial charge on any atom is 0.330 e. The molecular formula is C16H18BrClN6O. The monoisotopic (exact) mass is 424 g/mol. The first-order valence-corrected chi connectivity index (χ1v) is 9.04. The first-order chi connectivity index (χ1) is 11.8. The van der Waals surface area contributed by atoms with Crippen LogP contribution in [0.3, 0.4) is 0 Å². The summed E-state index contributed by atoms with van der Waals surface area (Å²) in [6.07, 6.45) is 2.56. The number of imidazole rings is 1. The Morgan fingerprint density at radius 2 is 2.00 bits per heavy atom. The van der Waals surface area contributed by atoms with E-state index in [0.717, 1.165) is 27.7 Å². The summed E-state index contributed by atoms with van der Waals surface area (Å²) in [5.41, 5.74) is 9.28. The quantitative estimate of drug-likeness (QED) is 0.649. The van der Waals surface area contributed by atoms with E-state index in [1.807, 2.05) is 20.8 Å². The molecule has 0 fully saturated rings. The number of halogens is 2. The molecular weight excluding hydrogens is 408 g/mol. The minimum absolute atomic E-state index is 0.0367. The number of anilines is 1. The van der Waals surface area contributed by atoms with Gasteiger partial charge in [0.2, 0.25) is 5.95 Å². The molecule has 25 heavy (non-hydrogen) atoms. The highest BCUT2D eigenvalue weighted by Crippen LogP contribution is 2.25. The van der Waals surface area contributed by atoms with E-state index in [4.69, 9.17) is 17.3 Å². The van der Waals surface area contributed by atoms with Gasteiger partial charge in [0.25, 0.3) is 0 Å². The van der Waals surface area contributed by atoms with Crippen LogP contribution in [0.15, 0.2) is 15.5 Å². The molecule has 3 rings (SSSR count). The topological polar surface area (TPSA) is 91.6 Å². The fourth-order valence-electron chi connectivity index (χ4n) is 2.82. The van der Waals surface area contributed by atoms with Gasteiger partial charge in [-0.15, -0.1) is 0 Å². The first kappa shape index (κ1) is 17.9. The zero-order valence-corrected chi connectivity index (χ0v) is 16.5. The van der Waals surface area contributed by atoms with Crippen LogP contribution in [0.5, 0.6) is 0 Å². The number of aromatic nitrogens is 5. The maximum absolute atomic E-state index is 12.9. The Kier molecular flexibility index (Phi) is 4.83. The van der Waals surface area contributed by atoms with E-state index in [1.165, 1.54) is 0 Å². The lowest BCUT2D eigenvalue weighted by molar-refractivity contribution is 0.633. The normalized spacial score (nSPS) is 11.4. The predicted octanol–water partition coefficient (Wildman–Crippen LogP) is 3.06. The number of nitrogens with two attached hydrogens (primary N) is 1. The maximum atomic E-state index is 12.9. The van der Waals surface area contributed by atoms with Crippen molar-refractivity contribution in [1.29, 1.82) is 0 Å². The number of fused-ring (bicyclic) bond motifs is 1. The average Bonchev–Trinajstić information content (AvgIpc) is 2.81. The van der Waals surface area contributed by atoms with Crippen LogP contribution in [0.2, 0.25) is 5.15 Å². The van der Waals surface area contributed by atoms with Crippen LogP contribution < -0.4 is 11.4 Å². The molecule has 132 valence electrons. The second-order valence-electron chi connectivity index (χ2n) is 5.89. The number of rotatable bonds is 4. The molecule has 3 aromatic rings. The Morgan fingerprint density at radius 3 is 2.68 bits per heavy atom. The molecule has 3 heterocycles. The molecule has 0 aliphatic heterocycles. The second-order valence-corrected chi connectivity index (χ2v) is 7.04. The molecule has 0 atom stereocenters. The van der Waals surface area contributed by atoms with Gasteiger partial charge in [-0.2, -0.15) is 9.97 Å². The van der Waals surface area contributed by atoms with Crippen LogP contribution in [0, 0.1) is 13.8 Å². The lowest BCUT2D eigenvalue weighted by atomic mass is 10.1. The summed E-state index contributed by atoms with van der Waals surface area (Å²) >= 11 is 9.81. The first-order valence-electron chi connectivity index (χ1n) is 7.87. The zero-order valence-electron chi connectivity index (χ0n) is 14.2. The van der Waals surface area contributed by atoms with Crippen molar-refractivity contribution in [3.8, 4) is 0 Å². The van der Waals surface area contributed by atoms with Gasteiger partial charge < -0.3 is 5.73 Å². The van der Waals surface area contributed by atoms with Crippen molar-refractivity contribution >= 4 is 44.6 Å². The molecule has 0 amide bonds. The Morgan fingerprint density at radius 1 is 1.28 bits per heavy atom. The Bertz CT molecular complexity index is 1030. The van der Waals surface area contributed by atoms with E-state index in [0.29, 0.717) is 17.7 Å². The SMILES string of the molecule is CCCn1c(=O)n(Cc2ncc(C)c(Br)c2C)c2nc(N)nc(Cl)c21. The summed E-state index contributed by atoms with van der Waals surface area (Å²) in [6.45, 7) is 6.74. The van der Waals surface area contributed by atoms with Crippen molar-refractivity contribution in [3.05, 3.63) is 43.1 Å². The highest BCUT2D eigenvalue weighted by molar-refractivity contribution is 9.10. The summed E-state index contributed by atoms with van der Waals surface area (Å²) in [5, 5.41) is 0.182. The van der Waals surface area contributed by atoms with E-state index in [1.54, 1.807) is 15.3 Å². The summed E-state index contributed by atoms with van der Waals surface area (Å²) in [7, 11) is 0.